The smallest absolute Gasteiger partial charge is 0.321 e. The molecule has 2 heterocycles. The van der Waals surface area contributed by atoms with E-state index >= 15 is 0 Å². The van der Waals surface area contributed by atoms with Gasteiger partial charge in [0.15, 0.2) is 0 Å². The lowest BCUT2D eigenvalue weighted by atomic mass is 10.0. The van der Waals surface area contributed by atoms with Crippen LogP contribution in [-0.4, -0.2) is 54.3 Å². The standard InChI is InChI=1S/C26H31N5O3/c1-17-9-7-11-20(15-17)28-26(34)29-24-25(33)31(16-22(32)30-13-5-4-6-14-30)23-18(2)10-8-12-21(23)19(3)27-24/h7-12,15,24H,4-6,13-14,16H2,1-3H3,(H2,28,29,34)/t24-/m0/s1. The predicted octanol–water partition coefficient (Wildman–Crippen LogP) is 3.62. The summed E-state index contributed by atoms with van der Waals surface area (Å²) in [4.78, 5) is 47.4. The van der Waals surface area contributed by atoms with Crippen LogP contribution in [0.25, 0.3) is 0 Å². The highest BCUT2D eigenvalue weighted by Gasteiger charge is 2.34. The largest absolute Gasteiger partial charge is 0.341 e. The van der Waals surface area contributed by atoms with E-state index in [4.69, 9.17) is 0 Å². The van der Waals surface area contributed by atoms with Crippen LogP contribution in [0.1, 0.15) is 42.9 Å². The fraction of sp³-hybridized carbons (Fsp3) is 0.385. The molecule has 2 aliphatic rings. The van der Waals surface area contributed by atoms with E-state index in [0.29, 0.717) is 30.2 Å². The summed E-state index contributed by atoms with van der Waals surface area (Å²) in [6, 6.07) is 12.6. The Morgan fingerprint density at radius 3 is 2.50 bits per heavy atom. The van der Waals surface area contributed by atoms with Gasteiger partial charge < -0.3 is 15.5 Å². The van der Waals surface area contributed by atoms with Crippen LogP contribution in [0.2, 0.25) is 0 Å². The molecule has 0 aromatic heterocycles. The SMILES string of the molecule is CC1=N[C@@H](NC(=O)Nc2cccc(C)c2)C(=O)N(CC(=O)N2CCCCC2)c2c(C)cccc21. The van der Waals surface area contributed by atoms with Gasteiger partial charge >= 0.3 is 6.03 Å². The Balaban J connectivity index is 1.60. The molecule has 0 bridgehead atoms. The maximum Gasteiger partial charge on any atom is 0.321 e. The van der Waals surface area contributed by atoms with Gasteiger partial charge in [-0.1, -0.05) is 30.3 Å². The lowest BCUT2D eigenvalue weighted by Crippen LogP contribution is -2.52. The normalized spacial score (nSPS) is 18.0. The Labute approximate surface area is 200 Å². The molecule has 0 radical (unpaired) electrons. The number of carbonyl (C=O) groups is 3. The molecule has 0 unspecified atom stereocenters. The van der Waals surface area contributed by atoms with E-state index in [1.807, 2.05) is 62.1 Å². The minimum Gasteiger partial charge on any atom is -0.341 e. The van der Waals surface area contributed by atoms with Gasteiger partial charge in [0.05, 0.1) is 5.69 Å². The van der Waals surface area contributed by atoms with Crippen molar-refractivity contribution in [2.24, 2.45) is 4.99 Å². The lowest BCUT2D eigenvalue weighted by molar-refractivity contribution is -0.132. The molecule has 34 heavy (non-hydrogen) atoms. The van der Waals surface area contributed by atoms with Crippen molar-refractivity contribution in [3.05, 3.63) is 59.2 Å². The van der Waals surface area contributed by atoms with Gasteiger partial charge in [-0.05, 0) is 63.3 Å². The van der Waals surface area contributed by atoms with Crippen molar-refractivity contribution in [3.63, 3.8) is 0 Å². The summed E-state index contributed by atoms with van der Waals surface area (Å²) < 4.78 is 0. The van der Waals surface area contributed by atoms with Gasteiger partial charge in [-0.15, -0.1) is 0 Å². The van der Waals surface area contributed by atoms with E-state index in [9.17, 15) is 14.4 Å². The third kappa shape index (κ3) is 5.11. The van der Waals surface area contributed by atoms with Crippen molar-refractivity contribution >= 4 is 34.9 Å². The molecule has 2 aromatic rings. The van der Waals surface area contributed by atoms with E-state index in [-0.39, 0.29) is 12.5 Å². The number of benzodiazepines with no additional fused rings is 1. The molecule has 178 valence electrons. The van der Waals surface area contributed by atoms with Crippen molar-refractivity contribution in [2.75, 3.05) is 29.9 Å². The van der Waals surface area contributed by atoms with Gasteiger partial charge in [-0.25, -0.2) is 4.79 Å². The van der Waals surface area contributed by atoms with Crippen LogP contribution in [0, 0.1) is 13.8 Å². The number of piperidine rings is 1. The number of amides is 4. The van der Waals surface area contributed by atoms with Crippen LogP contribution in [0.5, 0.6) is 0 Å². The number of likely N-dealkylation sites (tertiary alicyclic amines) is 1. The molecule has 1 saturated heterocycles. The number of urea groups is 1. The van der Waals surface area contributed by atoms with Gasteiger partial charge in [0.1, 0.15) is 6.54 Å². The summed E-state index contributed by atoms with van der Waals surface area (Å²) in [7, 11) is 0. The molecular weight excluding hydrogens is 430 g/mol. The van der Waals surface area contributed by atoms with E-state index in [0.717, 1.165) is 36.0 Å². The minimum absolute atomic E-state index is 0.0861. The molecule has 8 heteroatoms. The lowest BCUT2D eigenvalue weighted by Gasteiger charge is -2.31. The highest BCUT2D eigenvalue weighted by Crippen LogP contribution is 2.29. The van der Waals surface area contributed by atoms with E-state index in [2.05, 4.69) is 15.6 Å². The number of anilines is 2. The molecule has 8 nitrogen and oxygen atoms in total. The number of benzene rings is 2. The van der Waals surface area contributed by atoms with Crippen molar-refractivity contribution in [2.45, 2.75) is 46.2 Å². The zero-order valence-electron chi connectivity index (χ0n) is 19.9. The van der Waals surface area contributed by atoms with Crippen LogP contribution in [0.15, 0.2) is 47.5 Å². The topological polar surface area (TPSA) is 94.1 Å². The Hall–Kier alpha value is -3.68. The number of aliphatic imine (C=N–C) groups is 1. The van der Waals surface area contributed by atoms with Crippen molar-refractivity contribution in [3.8, 4) is 0 Å². The second-order valence-corrected chi connectivity index (χ2v) is 8.92. The molecule has 2 N–H and O–H groups in total. The first-order valence-corrected chi connectivity index (χ1v) is 11.7. The second kappa shape index (κ2) is 10.1. The molecule has 2 aromatic carbocycles. The third-order valence-corrected chi connectivity index (χ3v) is 6.27. The Morgan fingerprint density at radius 2 is 1.76 bits per heavy atom. The number of hydrogen-bond acceptors (Lipinski definition) is 4. The number of rotatable bonds is 4. The Kier molecular flexibility index (Phi) is 6.95. The zero-order valence-corrected chi connectivity index (χ0v) is 19.9. The quantitative estimate of drug-likeness (QED) is 0.728. The summed E-state index contributed by atoms with van der Waals surface area (Å²) in [6.07, 6.45) is 1.91. The van der Waals surface area contributed by atoms with Gasteiger partial charge in [0, 0.05) is 30.1 Å². The van der Waals surface area contributed by atoms with Crippen LogP contribution in [-0.2, 0) is 9.59 Å². The average Bonchev–Trinajstić information content (AvgIpc) is 2.91. The van der Waals surface area contributed by atoms with Crippen molar-refractivity contribution < 1.29 is 14.4 Å². The molecule has 0 spiro atoms. The highest BCUT2D eigenvalue weighted by molar-refractivity contribution is 6.14. The first-order chi connectivity index (χ1) is 16.3. The Bertz CT molecular complexity index is 1140. The van der Waals surface area contributed by atoms with E-state index < -0.39 is 18.1 Å². The maximum absolute atomic E-state index is 13.7. The number of fused-ring (bicyclic) bond motifs is 1. The summed E-state index contributed by atoms with van der Waals surface area (Å²) in [6.45, 7) is 6.99. The number of hydrogen-bond donors (Lipinski definition) is 2. The van der Waals surface area contributed by atoms with Crippen LogP contribution in [0.3, 0.4) is 0 Å². The molecule has 1 atom stereocenters. The van der Waals surface area contributed by atoms with Crippen molar-refractivity contribution in [1.29, 1.82) is 0 Å². The zero-order chi connectivity index (χ0) is 24.2. The predicted molar refractivity (Wildman–Crippen MR) is 133 cm³/mol. The molecular formula is C26H31N5O3. The first kappa shape index (κ1) is 23.5. The van der Waals surface area contributed by atoms with Gasteiger partial charge in [0.25, 0.3) is 5.91 Å². The molecule has 4 rings (SSSR count). The monoisotopic (exact) mass is 461 g/mol. The molecule has 0 saturated carbocycles. The number of nitrogens with zero attached hydrogens (tertiary/aromatic N) is 3. The first-order valence-electron chi connectivity index (χ1n) is 11.7. The fourth-order valence-electron chi connectivity index (χ4n) is 4.53. The fourth-order valence-corrected chi connectivity index (χ4v) is 4.53. The van der Waals surface area contributed by atoms with Gasteiger partial charge in [0.2, 0.25) is 12.1 Å². The average molecular weight is 462 g/mol. The number of aryl methyl sites for hydroxylation is 2. The third-order valence-electron chi connectivity index (χ3n) is 6.27. The van der Waals surface area contributed by atoms with Gasteiger partial charge in [-0.2, -0.15) is 0 Å². The van der Waals surface area contributed by atoms with Crippen LogP contribution >= 0.6 is 0 Å². The number of para-hydroxylation sites is 1. The number of nitrogens with one attached hydrogen (secondary N) is 2. The minimum atomic E-state index is -1.15. The molecule has 4 amide bonds. The number of carbonyl (C=O) groups excluding carboxylic acids is 3. The summed E-state index contributed by atoms with van der Waals surface area (Å²) in [5, 5.41) is 5.45. The summed E-state index contributed by atoms with van der Waals surface area (Å²) in [5.41, 5.74) is 4.57. The maximum atomic E-state index is 13.7. The molecule has 2 aliphatic heterocycles. The summed E-state index contributed by atoms with van der Waals surface area (Å²) in [5.74, 6) is -0.526. The Morgan fingerprint density at radius 1 is 1.03 bits per heavy atom. The highest BCUT2D eigenvalue weighted by atomic mass is 16.2. The van der Waals surface area contributed by atoms with Crippen molar-refractivity contribution in [1.82, 2.24) is 10.2 Å². The van der Waals surface area contributed by atoms with E-state index in [1.165, 1.54) is 4.90 Å². The summed E-state index contributed by atoms with van der Waals surface area (Å²) >= 11 is 0. The van der Waals surface area contributed by atoms with Gasteiger partial charge in [-0.3, -0.25) is 19.5 Å². The molecule has 1 fully saturated rings. The van der Waals surface area contributed by atoms with E-state index in [1.54, 1.807) is 6.07 Å². The van der Waals surface area contributed by atoms with Crippen LogP contribution < -0.4 is 15.5 Å². The molecule has 0 aliphatic carbocycles. The second-order valence-electron chi connectivity index (χ2n) is 8.92. The van der Waals surface area contributed by atoms with Crippen LogP contribution in [0.4, 0.5) is 16.2 Å².